The van der Waals surface area contributed by atoms with Crippen LogP contribution >= 0.6 is 27.5 Å². The molecule has 1 unspecified atom stereocenters. The first kappa shape index (κ1) is 12.9. The van der Waals surface area contributed by atoms with Crippen LogP contribution in [0.2, 0.25) is 0 Å². The van der Waals surface area contributed by atoms with Gasteiger partial charge in [0.25, 0.3) is 0 Å². The van der Waals surface area contributed by atoms with E-state index < -0.39 is 0 Å². The zero-order chi connectivity index (χ0) is 12.3. The molecule has 1 aliphatic rings. The van der Waals surface area contributed by atoms with Gasteiger partial charge in [0.05, 0.1) is 11.8 Å². The third-order valence-corrected chi connectivity index (χ3v) is 3.89. The third-order valence-electron chi connectivity index (χ3n) is 2.88. The van der Waals surface area contributed by atoms with Crippen molar-refractivity contribution in [2.24, 2.45) is 5.92 Å². The number of benzene rings is 1. The van der Waals surface area contributed by atoms with Crippen molar-refractivity contribution in [3.8, 4) is 0 Å². The van der Waals surface area contributed by atoms with Crippen LogP contribution in [0.1, 0.15) is 18.4 Å². The predicted molar refractivity (Wildman–Crippen MR) is 73.2 cm³/mol. The lowest BCUT2D eigenvalue weighted by atomic mass is 10.1. The lowest BCUT2D eigenvalue weighted by Crippen LogP contribution is -2.31. The van der Waals surface area contributed by atoms with Gasteiger partial charge in [-0.2, -0.15) is 0 Å². The average molecular weight is 317 g/mol. The Bertz CT molecular complexity index is 406. The van der Waals surface area contributed by atoms with Crippen LogP contribution in [-0.2, 0) is 11.2 Å². The predicted octanol–water partition coefficient (Wildman–Crippen LogP) is 3.13. The first-order valence-electron chi connectivity index (χ1n) is 5.80. The third kappa shape index (κ3) is 4.32. The number of rotatable bonds is 5. The summed E-state index contributed by atoms with van der Waals surface area (Å²) in [6, 6.07) is 7.78. The second-order valence-corrected chi connectivity index (χ2v) is 5.94. The van der Waals surface area contributed by atoms with Gasteiger partial charge in [-0.3, -0.25) is 4.79 Å². The second kappa shape index (κ2) is 5.87. The fraction of sp³-hybridized carbons (Fsp3) is 0.462. The Kier molecular flexibility index (Phi) is 4.46. The van der Waals surface area contributed by atoms with E-state index in [-0.39, 0.29) is 11.3 Å². The molecule has 2 rings (SSSR count). The molecule has 1 amide bonds. The highest BCUT2D eigenvalue weighted by Gasteiger charge is 2.29. The van der Waals surface area contributed by atoms with Crippen LogP contribution in [0.5, 0.6) is 0 Å². The minimum Gasteiger partial charge on any atom is -0.354 e. The van der Waals surface area contributed by atoms with Crippen LogP contribution in [-0.4, -0.2) is 17.8 Å². The summed E-state index contributed by atoms with van der Waals surface area (Å²) in [5.41, 5.74) is 1.01. The maximum atomic E-state index is 11.7. The van der Waals surface area contributed by atoms with Crippen LogP contribution in [0.25, 0.3) is 0 Å². The molecule has 0 saturated heterocycles. The number of halogens is 2. The molecular formula is C13H15BrClNO. The van der Waals surface area contributed by atoms with Gasteiger partial charge in [0.2, 0.25) is 5.91 Å². The van der Waals surface area contributed by atoms with Crippen molar-refractivity contribution < 1.29 is 4.79 Å². The summed E-state index contributed by atoms with van der Waals surface area (Å²) >= 11 is 9.52. The molecule has 2 nitrogen and oxygen atoms in total. The van der Waals surface area contributed by atoms with Crippen molar-refractivity contribution >= 4 is 33.4 Å². The van der Waals surface area contributed by atoms with Gasteiger partial charge in [-0.1, -0.05) is 28.1 Å². The summed E-state index contributed by atoms with van der Waals surface area (Å²) in [4.78, 5) is 11.7. The summed E-state index contributed by atoms with van der Waals surface area (Å²) in [6.45, 7) is 0.582. The maximum absolute atomic E-state index is 11.7. The summed E-state index contributed by atoms with van der Waals surface area (Å²) < 4.78 is 0.996. The molecule has 4 heteroatoms. The van der Waals surface area contributed by atoms with E-state index in [0.717, 1.165) is 10.0 Å². The van der Waals surface area contributed by atoms with E-state index in [1.165, 1.54) is 12.8 Å². The average Bonchev–Trinajstić information content (AvgIpc) is 3.09. The molecule has 1 aliphatic carbocycles. The largest absolute Gasteiger partial charge is 0.354 e. The number of nitrogens with one attached hydrogen (secondary N) is 1. The number of alkyl halides is 1. The number of hydrogen-bond acceptors (Lipinski definition) is 1. The SMILES string of the molecule is O=C(Cc1cccc(Br)c1)NCC(Cl)C1CC1. The fourth-order valence-corrected chi connectivity index (χ4v) is 2.51. The van der Waals surface area contributed by atoms with E-state index in [1.54, 1.807) is 0 Å². The monoisotopic (exact) mass is 315 g/mol. The summed E-state index contributed by atoms with van der Waals surface area (Å²) in [6.07, 6.45) is 2.82. The molecule has 0 heterocycles. The van der Waals surface area contributed by atoms with E-state index in [2.05, 4.69) is 21.2 Å². The molecule has 0 aromatic heterocycles. The van der Waals surface area contributed by atoms with Crippen molar-refractivity contribution in [2.45, 2.75) is 24.6 Å². The number of amides is 1. The van der Waals surface area contributed by atoms with Gasteiger partial charge in [-0.25, -0.2) is 0 Å². The highest BCUT2D eigenvalue weighted by atomic mass is 79.9. The molecule has 0 radical (unpaired) electrons. The van der Waals surface area contributed by atoms with Gasteiger partial charge in [0, 0.05) is 11.0 Å². The first-order valence-corrected chi connectivity index (χ1v) is 7.03. The summed E-state index contributed by atoms with van der Waals surface area (Å²) in [5, 5.41) is 2.98. The zero-order valence-electron chi connectivity index (χ0n) is 9.46. The molecule has 1 fully saturated rings. The Hall–Kier alpha value is -0.540. The van der Waals surface area contributed by atoms with Crippen molar-refractivity contribution in [2.75, 3.05) is 6.54 Å². The van der Waals surface area contributed by atoms with Crippen molar-refractivity contribution in [1.82, 2.24) is 5.32 Å². The summed E-state index contributed by atoms with van der Waals surface area (Å²) in [7, 11) is 0. The van der Waals surface area contributed by atoms with E-state index >= 15 is 0 Å². The van der Waals surface area contributed by atoms with E-state index in [1.807, 2.05) is 24.3 Å². The molecule has 0 spiro atoms. The lowest BCUT2D eigenvalue weighted by molar-refractivity contribution is -0.120. The molecule has 92 valence electrons. The molecule has 1 aromatic carbocycles. The van der Waals surface area contributed by atoms with Gasteiger partial charge >= 0.3 is 0 Å². The second-order valence-electron chi connectivity index (χ2n) is 4.46. The van der Waals surface area contributed by atoms with Crippen molar-refractivity contribution in [1.29, 1.82) is 0 Å². The number of carbonyl (C=O) groups excluding carboxylic acids is 1. The summed E-state index contributed by atoms with van der Waals surface area (Å²) in [5.74, 6) is 0.650. The van der Waals surface area contributed by atoms with Gasteiger partial charge in [-0.15, -0.1) is 11.6 Å². The van der Waals surface area contributed by atoms with Crippen LogP contribution in [0.3, 0.4) is 0 Å². The zero-order valence-corrected chi connectivity index (χ0v) is 11.8. The molecule has 1 saturated carbocycles. The van der Waals surface area contributed by atoms with E-state index in [4.69, 9.17) is 11.6 Å². The molecular weight excluding hydrogens is 302 g/mol. The van der Waals surface area contributed by atoms with Gasteiger partial charge < -0.3 is 5.32 Å². The minimum atomic E-state index is 0.0365. The normalized spacial score (nSPS) is 16.6. The number of carbonyl (C=O) groups is 1. The fourth-order valence-electron chi connectivity index (χ4n) is 1.73. The first-order chi connectivity index (χ1) is 8.15. The van der Waals surface area contributed by atoms with Crippen molar-refractivity contribution in [3.63, 3.8) is 0 Å². The van der Waals surface area contributed by atoms with E-state index in [9.17, 15) is 4.79 Å². The van der Waals surface area contributed by atoms with Gasteiger partial charge in [0.15, 0.2) is 0 Å². The van der Waals surface area contributed by atoms with E-state index in [0.29, 0.717) is 18.9 Å². The molecule has 0 bridgehead atoms. The van der Waals surface area contributed by atoms with Gasteiger partial charge in [0.1, 0.15) is 0 Å². The molecule has 17 heavy (non-hydrogen) atoms. The van der Waals surface area contributed by atoms with Gasteiger partial charge in [-0.05, 0) is 36.5 Å². The standard InChI is InChI=1S/C13H15BrClNO/c14-11-3-1-2-9(6-11)7-13(17)16-8-12(15)10-4-5-10/h1-3,6,10,12H,4-5,7-8H2,(H,16,17). The highest BCUT2D eigenvalue weighted by molar-refractivity contribution is 9.10. The minimum absolute atomic E-state index is 0.0365. The quantitative estimate of drug-likeness (QED) is 0.831. The maximum Gasteiger partial charge on any atom is 0.224 e. The lowest BCUT2D eigenvalue weighted by Gasteiger charge is -2.09. The molecule has 1 aromatic rings. The highest BCUT2D eigenvalue weighted by Crippen LogP contribution is 2.35. The molecule has 1 N–H and O–H groups in total. The Labute approximate surface area is 115 Å². The molecule has 0 aliphatic heterocycles. The van der Waals surface area contributed by atoms with Crippen LogP contribution in [0.4, 0.5) is 0 Å². The Morgan fingerprint density at radius 1 is 1.53 bits per heavy atom. The van der Waals surface area contributed by atoms with Crippen LogP contribution in [0, 0.1) is 5.92 Å². The van der Waals surface area contributed by atoms with Crippen LogP contribution < -0.4 is 5.32 Å². The smallest absolute Gasteiger partial charge is 0.224 e. The molecule has 1 atom stereocenters. The topological polar surface area (TPSA) is 29.1 Å². The Balaban J connectivity index is 1.76. The Morgan fingerprint density at radius 3 is 2.94 bits per heavy atom. The Morgan fingerprint density at radius 2 is 2.29 bits per heavy atom. The van der Waals surface area contributed by atoms with Crippen molar-refractivity contribution in [3.05, 3.63) is 34.3 Å². The number of hydrogen-bond donors (Lipinski definition) is 1. The van der Waals surface area contributed by atoms with Crippen LogP contribution in [0.15, 0.2) is 28.7 Å².